The molecule has 0 aliphatic carbocycles. The summed E-state index contributed by atoms with van der Waals surface area (Å²) < 4.78 is 133. The number of hydrogen-bond acceptors (Lipinski definition) is 4. The van der Waals surface area contributed by atoms with Crippen LogP contribution in [0.25, 0.3) is 22.3 Å². The molecule has 0 aliphatic heterocycles. The first-order chi connectivity index (χ1) is 25.8. The lowest BCUT2D eigenvalue weighted by atomic mass is 10.0. The minimum atomic E-state index is -4.82. The van der Waals surface area contributed by atoms with Gasteiger partial charge in [-0.05, 0) is 48.0 Å². The number of nitrogens with one attached hydrogen (secondary N) is 2. The second-order valence-corrected chi connectivity index (χ2v) is 11.7. The van der Waals surface area contributed by atoms with Gasteiger partial charge in [0.2, 0.25) is 0 Å². The average molecular weight is 777 g/mol. The SMILES string of the molecule is Cn1cc(C(=O)Nc2ccccc2-c2cc(F)ccc2F)c(C(F)(F)F)n1.Cn1cc(C(=O)Nc2ccccc2-c2ccc(C(F)(F)F)cc2)c(C(F)F)n1. The maximum atomic E-state index is 14.1. The van der Waals surface area contributed by atoms with Gasteiger partial charge in [0.15, 0.2) is 5.69 Å². The van der Waals surface area contributed by atoms with E-state index in [1.165, 1.54) is 62.8 Å². The number of aryl methyl sites for hydroxylation is 2. The van der Waals surface area contributed by atoms with Gasteiger partial charge in [-0.25, -0.2) is 17.6 Å². The number of anilines is 2. The van der Waals surface area contributed by atoms with Crippen LogP contribution in [0.15, 0.2) is 103 Å². The minimum Gasteiger partial charge on any atom is -0.321 e. The molecule has 2 amide bonds. The van der Waals surface area contributed by atoms with Crippen LogP contribution in [0.3, 0.4) is 0 Å². The third-order valence-corrected chi connectivity index (χ3v) is 7.74. The number of carbonyl (C=O) groups is 2. The molecule has 0 saturated heterocycles. The highest BCUT2D eigenvalue weighted by molar-refractivity contribution is 6.07. The van der Waals surface area contributed by atoms with E-state index in [1.807, 2.05) is 0 Å². The Labute approximate surface area is 305 Å². The Morgan fingerprint density at radius 3 is 1.75 bits per heavy atom. The molecule has 2 N–H and O–H groups in total. The van der Waals surface area contributed by atoms with Crippen LogP contribution >= 0.6 is 0 Å². The smallest absolute Gasteiger partial charge is 0.321 e. The Bertz CT molecular complexity index is 2330. The molecule has 6 rings (SSSR count). The Balaban J connectivity index is 0.000000211. The van der Waals surface area contributed by atoms with Crippen LogP contribution in [0.4, 0.5) is 55.3 Å². The molecule has 0 radical (unpaired) electrons. The maximum absolute atomic E-state index is 14.1. The molecule has 0 saturated carbocycles. The molecule has 286 valence electrons. The van der Waals surface area contributed by atoms with E-state index in [0.717, 1.165) is 45.9 Å². The van der Waals surface area contributed by atoms with Crippen LogP contribution in [-0.4, -0.2) is 31.4 Å². The van der Waals surface area contributed by atoms with Gasteiger partial charge in [0, 0.05) is 54.6 Å². The molecule has 0 atom stereocenters. The predicted octanol–water partition coefficient (Wildman–Crippen LogP) is 9.93. The molecule has 0 spiro atoms. The fourth-order valence-electron chi connectivity index (χ4n) is 5.30. The second kappa shape index (κ2) is 15.9. The van der Waals surface area contributed by atoms with Gasteiger partial charge < -0.3 is 10.6 Å². The molecule has 2 aromatic heterocycles. The Morgan fingerprint density at radius 2 is 1.16 bits per heavy atom. The van der Waals surface area contributed by atoms with E-state index in [-0.39, 0.29) is 28.1 Å². The number of carbonyl (C=O) groups excluding carboxylic acids is 2. The normalized spacial score (nSPS) is 11.6. The molecule has 2 heterocycles. The number of benzene rings is 4. The monoisotopic (exact) mass is 776 g/mol. The van der Waals surface area contributed by atoms with Crippen molar-refractivity contribution in [1.29, 1.82) is 0 Å². The summed E-state index contributed by atoms with van der Waals surface area (Å²) >= 11 is 0. The number of alkyl halides is 8. The number of halogens is 10. The summed E-state index contributed by atoms with van der Waals surface area (Å²) in [6, 6.07) is 19.5. The predicted molar refractivity (Wildman–Crippen MR) is 181 cm³/mol. The quantitative estimate of drug-likeness (QED) is 0.158. The molecule has 0 fully saturated rings. The van der Waals surface area contributed by atoms with E-state index in [9.17, 15) is 53.5 Å². The summed E-state index contributed by atoms with van der Waals surface area (Å²) in [4.78, 5) is 24.9. The fraction of sp³-hybridized carbons (Fsp3) is 0.135. The second-order valence-electron chi connectivity index (χ2n) is 11.7. The maximum Gasteiger partial charge on any atom is 0.435 e. The third kappa shape index (κ3) is 9.38. The highest BCUT2D eigenvalue weighted by Gasteiger charge is 2.39. The molecule has 8 nitrogen and oxygen atoms in total. The number of para-hydroxylation sites is 2. The Hall–Kier alpha value is -6.46. The zero-order valence-corrected chi connectivity index (χ0v) is 28.3. The van der Waals surface area contributed by atoms with Gasteiger partial charge in [0.25, 0.3) is 18.2 Å². The van der Waals surface area contributed by atoms with Crippen LogP contribution in [0.2, 0.25) is 0 Å². The van der Waals surface area contributed by atoms with Crippen molar-refractivity contribution in [1.82, 2.24) is 19.6 Å². The average Bonchev–Trinajstić information content (AvgIpc) is 3.73. The van der Waals surface area contributed by atoms with E-state index in [2.05, 4.69) is 20.8 Å². The van der Waals surface area contributed by atoms with Gasteiger partial charge in [0.05, 0.1) is 16.7 Å². The van der Waals surface area contributed by atoms with Crippen LogP contribution in [0.5, 0.6) is 0 Å². The third-order valence-electron chi connectivity index (χ3n) is 7.74. The summed E-state index contributed by atoms with van der Waals surface area (Å²) in [5.74, 6) is -3.29. The van der Waals surface area contributed by atoms with Crippen LogP contribution < -0.4 is 10.6 Å². The van der Waals surface area contributed by atoms with E-state index < -0.39 is 64.7 Å². The summed E-state index contributed by atoms with van der Waals surface area (Å²) in [6.07, 6.45) is -10.1. The summed E-state index contributed by atoms with van der Waals surface area (Å²) in [6.45, 7) is 0. The summed E-state index contributed by atoms with van der Waals surface area (Å²) in [5.41, 5.74) is -2.55. The summed E-state index contributed by atoms with van der Waals surface area (Å²) in [7, 11) is 2.67. The largest absolute Gasteiger partial charge is 0.435 e. The lowest BCUT2D eigenvalue weighted by molar-refractivity contribution is -0.141. The van der Waals surface area contributed by atoms with Crippen molar-refractivity contribution in [2.24, 2.45) is 14.1 Å². The van der Waals surface area contributed by atoms with Crippen LogP contribution in [0, 0.1) is 11.6 Å². The molecular weight excluding hydrogens is 750 g/mol. The number of hydrogen-bond donors (Lipinski definition) is 2. The highest BCUT2D eigenvalue weighted by Crippen LogP contribution is 2.35. The topological polar surface area (TPSA) is 93.8 Å². The zero-order chi connectivity index (χ0) is 40.2. The van der Waals surface area contributed by atoms with Crippen LogP contribution in [0.1, 0.15) is 44.1 Å². The van der Waals surface area contributed by atoms with Gasteiger partial charge in [-0.3, -0.25) is 19.0 Å². The summed E-state index contributed by atoms with van der Waals surface area (Å²) in [5, 5.41) is 11.7. The molecule has 18 heteroatoms. The molecule has 55 heavy (non-hydrogen) atoms. The molecular formula is C37H26F10N6O2. The Morgan fingerprint density at radius 1 is 0.636 bits per heavy atom. The Kier molecular flexibility index (Phi) is 11.5. The fourth-order valence-corrected chi connectivity index (χ4v) is 5.30. The van der Waals surface area contributed by atoms with E-state index in [1.54, 1.807) is 18.2 Å². The van der Waals surface area contributed by atoms with Gasteiger partial charge in [-0.1, -0.05) is 48.5 Å². The van der Waals surface area contributed by atoms with E-state index >= 15 is 0 Å². The molecule has 0 bridgehead atoms. The molecule has 0 aliphatic rings. The molecule has 6 aromatic rings. The van der Waals surface area contributed by atoms with Crippen molar-refractivity contribution in [3.05, 3.63) is 143 Å². The van der Waals surface area contributed by atoms with Crippen molar-refractivity contribution in [3.63, 3.8) is 0 Å². The zero-order valence-electron chi connectivity index (χ0n) is 28.3. The van der Waals surface area contributed by atoms with Crippen molar-refractivity contribution in [3.8, 4) is 22.3 Å². The van der Waals surface area contributed by atoms with Crippen LogP contribution in [-0.2, 0) is 26.4 Å². The van der Waals surface area contributed by atoms with Gasteiger partial charge in [-0.2, -0.15) is 36.5 Å². The number of rotatable bonds is 7. The van der Waals surface area contributed by atoms with Crippen molar-refractivity contribution >= 4 is 23.2 Å². The number of amides is 2. The van der Waals surface area contributed by atoms with Gasteiger partial charge in [0.1, 0.15) is 17.3 Å². The van der Waals surface area contributed by atoms with Gasteiger partial charge >= 0.3 is 12.4 Å². The van der Waals surface area contributed by atoms with E-state index in [0.29, 0.717) is 11.1 Å². The van der Waals surface area contributed by atoms with Gasteiger partial charge in [-0.15, -0.1) is 0 Å². The lowest BCUT2D eigenvalue weighted by Gasteiger charge is -2.12. The van der Waals surface area contributed by atoms with Crippen molar-refractivity contribution in [2.75, 3.05) is 10.6 Å². The standard InChI is InChI=1S/C19H14F5N3O.C18H12F5N3O/c1-27-10-14(16(26-27)17(20)21)18(28)25-15-5-3-2-4-13(15)11-6-8-12(9-7-11)19(22,23)24;1-26-9-13(16(25-26)18(21,22)23)17(27)24-15-5-3-2-4-11(15)12-8-10(19)6-7-14(12)20/h2-10,17H,1H3,(H,25,28);2-9H,1H3,(H,24,27). The van der Waals surface area contributed by atoms with Crippen molar-refractivity contribution in [2.45, 2.75) is 18.8 Å². The van der Waals surface area contributed by atoms with E-state index in [4.69, 9.17) is 0 Å². The first kappa shape index (κ1) is 39.7. The molecule has 0 unspecified atom stereocenters. The van der Waals surface area contributed by atoms with Crippen molar-refractivity contribution < 1.29 is 53.5 Å². The first-order valence-electron chi connectivity index (χ1n) is 15.7. The number of nitrogens with zero attached hydrogens (tertiary/aromatic N) is 4. The number of aromatic nitrogens is 4. The lowest BCUT2D eigenvalue weighted by Crippen LogP contribution is -2.18. The highest BCUT2D eigenvalue weighted by atomic mass is 19.4. The molecule has 4 aromatic carbocycles. The first-order valence-corrected chi connectivity index (χ1v) is 15.7. The minimum absolute atomic E-state index is 0.0315.